The molecular formula is C24H25N4O9ReS-. The molecule has 5 N–H and O–H groups in total. The normalized spacial score (nSPS) is 9.95. The van der Waals surface area contributed by atoms with Gasteiger partial charge in [0, 0.05) is 51.6 Å². The first-order chi connectivity index (χ1) is 18.2. The minimum Gasteiger partial charge on any atom is -0.255 e. The quantitative estimate of drug-likeness (QED) is 0.142. The van der Waals surface area contributed by atoms with Crippen LogP contribution in [0.4, 0.5) is 0 Å². The van der Waals surface area contributed by atoms with Crippen molar-refractivity contribution in [2.24, 2.45) is 11.7 Å². The van der Waals surface area contributed by atoms with Gasteiger partial charge < -0.3 is 33.9 Å². The largest absolute Gasteiger partial charge is 0.255 e. The Kier molecular flexibility index (Phi) is 31.9. The van der Waals surface area contributed by atoms with Crippen molar-refractivity contribution in [3.63, 3.8) is 0 Å². The molecule has 2 aromatic rings. The molecule has 0 aliphatic heterocycles. The molecule has 0 spiro atoms. The van der Waals surface area contributed by atoms with E-state index in [4.69, 9.17) is 42.5 Å². The fourth-order valence-electron chi connectivity index (χ4n) is 2.38. The van der Waals surface area contributed by atoms with Crippen LogP contribution >= 0.6 is 0 Å². The third kappa shape index (κ3) is 22.3. The van der Waals surface area contributed by atoms with Crippen LogP contribution in [-0.2, 0) is 66.2 Å². The average Bonchev–Trinajstić information content (AvgIpc) is 2.97. The predicted octanol–water partition coefficient (Wildman–Crippen LogP) is 0.530. The van der Waals surface area contributed by atoms with Crippen LogP contribution in [-0.4, -0.2) is 62.1 Å². The van der Waals surface area contributed by atoms with Gasteiger partial charge >= 0.3 is 45.8 Å². The number of carbonyl (C=O) groups excluding carboxylic acids is 2. The number of nitrogens with zero attached hydrogens (tertiary/aromatic N) is 2. The molecule has 1 radical (unpaired) electrons. The minimum atomic E-state index is -1.20. The van der Waals surface area contributed by atoms with E-state index < -0.39 is 36.4 Å². The van der Waals surface area contributed by atoms with Gasteiger partial charge in [-0.1, -0.05) is 12.1 Å². The van der Waals surface area contributed by atoms with Crippen molar-refractivity contribution in [1.82, 2.24) is 15.3 Å². The molecule has 1 amide bonds. The second-order valence-electron chi connectivity index (χ2n) is 6.63. The molecule has 0 fully saturated rings. The maximum absolute atomic E-state index is 11.6. The molecule has 0 aliphatic carbocycles. The van der Waals surface area contributed by atoms with Gasteiger partial charge in [-0.05, 0) is 30.7 Å². The monoisotopic (exact) mass is 732 g/mol. The molecule has 0 aliphatic rings. The van der Waals surface area contributed by atoms with Crippen molar-refractivity contribution < 1.29 is 63.8 Å². The molecule has 0 aromatic carbocycles. The van der Waals surface area contributed by atoms with E-state index >= 15 is 0 Å². The topological polar surface area (TPSA) is 232 Å². The van der Waals surface area contributed by atoms with E-state index in [1.165, 1.54) is 0 Å². The maximum atomic E-state index is 11.6. The van der Waals surface area contributed by atoms with Gasteiger partial charge in [0.25, 0.3) is 0 Å². The molecule has 0 saturated heterocycles. The van der Waals surface area contributed by atoms with Gasteiger partial charge in [-0.15, -0.1) is 0 Å². The van der Waals surface area contributed by atoms with Crippen LogP contribution in [0.15, 0.2) is 48.8 Å². The van der Waals surface area contributed by atoms with Crippen LogP contribution in [0.5, 0.6) is 0 Å². The number of hydrogen-bond acceptors (Lipinski definition) is 8. The van der Waals surface area contributed by atoms with E-state index in [1.807, 2.05) is 36.4 Å². The number of carbonyl (C=O) groups is 4. The summed E-state index contributed by atoms with van der Waals surface area (Å²) < 4.78 is 22.5. The van der Waals surface area contributed by atoms with Crippen LogP contribution < -0.4 is 11.1 Å². The van der Waals surface area contributed by atoms with Gasteiger partial charge in [-0.2, -0.15) is 5.75 Å². The zero-order valence-electron chi connectivity index (χ0n) is 20.3. The number of ketones is 1. The molecule has 13 nitrogen and oxygen atoms in total. The Morgan fingerprint density at radius 3 is 1.72 bits per heavy atom. The number of aromatic nitrogens is 2. The second-order valence-corrected chi connectivity index (χ2v) is 6.96. The van der Waals surface area contributed by atoms with Crippen molar-refractivity contribution in [2.75, 3.05) is 12.3 Å². The number of Topliss-reactive ketones (excluding diaryl/α,β-unsaturated/α-hetero) is 1. The number of hydrogen-bond donors (Lipinski definition) is 4. The molecular weight excluding hydrogens is 707 g/mol. The number of amides is 1. The molecule has 39 heavy (non-hydrogen) atoms. The molecule has 0 saturated carbocycles. The van der Waals surface area contributed by atoms with E-state index in [2.05, 4.69) is 35.2 Å². The summed E-state index contributed by atoms with van der Waals surface area (Å²) in [4.78, 5) is 52.3. The molecule has 2 aromatic heterocycles. The van der Waals surface area contributed by atoms with Crippen molar-refractivity contribution in [2.45, 2.75) is 25.3 Å². The van der Waals surface area contributed by atoms with Gasteiger partial charge in [0.15, 0.2) is 0 Å². The second kappa shape index (κ2) is 29.1. The van der Waals surface area contributed by atoms with E-state index in [1.54, 1.807) is 12.4 Å². The van der Waals surface area contributed by atoms with E-state index in [0.717, 1.165) is 11.4 Å². The van der Waals surface area contributed by atoms with Crippen LogP contribution in [0.1, 0.15) is 19.3 Å². The zero-order chi connectivity index (χ0) is 29.9. The SMILES string of the molecule is NC(CCC(=O)CC(C[S-])C(=O)NCC(=O)O)C(=O)O.[C-]#[O+].[C-]#[O+].[C-]#[O+].[Re].c1ccc(-c2ccccn2)nc1. The molecule has 209 valence electrons. The zero-order valence-corrected chi connectivity index (χ0v) is 23.9. The summed E-state index contributed by atoms with van der Waals surface area (Å²) in [6, 6.07) is 10.5. The fourth-order valence-corrected chi connectivity index (χ4v) is 2.65. The van der Waals surface area contributed by atoms with Crippen molar-refractivity contribution >= 4 is 36.3 Å². The number of pyridine rings is 2. The number of rotatable bonds is 11. The van der Waals surface area contributed by atoms with Gasteiger partial charge in [-0.25, -0.2) is 0 Å². The molecule has 15 heteroatoms. The molecule has 2 atom stereocenters. The van der Waals surface area contributed by atoms with Crippen LogP contribution in [0.2, 0.25) is 0 Å². The van der Waals surface area contributed by atoms with Gasteiger partial charge in [0.2, 0.25) is 5.91 Å². The Labute approximate surface area is 244 Å². The third-order valence-corrected chi connectivity index (χ3v) is 4.51. The van der Waals surface area contributed by atoms with Crippen molar-refractivity contribution in [1.29, 1.82) is 0 Å². The Hall–Kier alpha value is -3.43. The van der Waals surface area contributed by atoms with Crippen molar-refractivity contribution in [3.8, 4) is 11.4 Å². The number of aliphatic carboxylic acids is 2. The van der Waals surface area contributed by atoms with Crippen molar-refractivity contribution in [3.05, 3.63) is 68.7 Å². The van der Waals surface area contributed by atoms with Gasteiger partial charge in [0.05, 0.1) is 11.4 Å². The Morgan fingerprint density at radius 1 is 0.923 bits per heavy atom. The first-order valence-electron chi connectivity index (χ1n) is 10.3. The molecule has 0 bridgehead atoms. The number of carboxylic acid groups (broad SMARTS) is 2. The molecule has 2 heterocycles. The maximum Gasteiger partial charge on any atom is 0.0886 e. The predicted molar refractivity (Wildman–Crippen MR) is 130 cm³/mol. The standard InChI is InChI=1S/C11H18N2O6S.C10H8N2.3CO.Re/c12-8(11(18)19)2-1-7(14)3-6(5-20)10(17)13-4-9(15)16;1-3-7-11-9(5-1)10-6-2-4-8-12-10;3*1-2;/h6,8,20H,1-5,12H2,(H,13,17)(H,15,16)(H,18,19);1-8H;;;;/p-1. The Morgan fingerprint density at radius 2 is 1.38 bits per heavy atom. The van der Waals surface area contributed by atoms with E-state index in [0.29, 0.717) is 0 Å². The summed E-state index contributed by atoms with van der Waals surface area (Å²) in [5.41, 5.74) is 7.08. The van der Waals surface area contributed by atoms with Crippen LogP contribution in [0, 0.1) is 25.9 Å². The summed E-state index contributed by atoms with van der Waals surface area (Å²) in [5, 5.41) is 19.1. The van der Waals surface area contributed by atoms with Crippen LogP contribution in [0.25, 0.3) is 11.4 Å². The smallest absolute Gasteiger partial charge is 0.0886 e. The fraction of sp³-hybridized carbons (Fsp3) is 0.292. The van der Waals surface area contributed by atoms with E-state index in [-0.39, 0.29) is 51.2 Å². The number of carboxylic acids is 2. The summed E-state index contributed by atoms with van der Waals surface area (Å²) in [5.74, 6) is -4.14. The Bertz CT molecular complexity index is 971. The van der Waals surface area contributed by atoms with Gasteiger partial charge in [0.1, 0.15) is 18.4 Å². The van der Waals surface area contributed by atoms with E-state index in [9.17, 15) is 19.2 Å². The third-order valence-electron chi connectivity index (χ3n) is 4.10. The first kappa shape index (κ1) is 42.7. The first-order valence-corrected chi connectivity index (χ1v) is 10.8. The van der Waals surface area contributed by atoms with Gasteiger partial charge in [-0.3, -0.25) is 29.1 Å². The summed E-state index contributed by atoms with van der Waals surface area (Å²) in [6.07, 6.45) is 3.30. The van der Waals surface area contributed by atoms with Crippen LogP contribution in [0.3, 0.4) is 0 Å². The number of nitrogens with two attached hydrogens (primary N) is 1. The molecule has 2 unspecified atom stereocenters. The summed E-state index contributed by atoms with van der Waals surface area (Å²) >= 11 is 4.75. The average molecular weight is 732 g/mol. The minimum absolute atomic E-state index is 0. The summed E-state index contributed by atoms with van der Waals surface area (Å²) in [7, 11) is 0. The summed E-state index contributed by atoms with van der Waals surface area (Å²) in [6.45, 7) is 13.0. The Balaban J connectivity index is -0.000000273. The number of nitrogens with one attached hydrogen (secondary N) is 1. The molecule has 2 rings (SSSR count).